The molecule has 1 spiro atoms. The van der Waals surface area contributed by atoms with E-state index in [2.05, 4.69) is 12.6 Å². The van der Waals surface area contributed by atoms with Gasteiger partial charge in [-0.15, -0.1) is 6.58 Å². The fourth-order valence-corrected chi connectivity index (χ4v) is 6.71. The Labute approximate surface area is 183 Å². The highest BCUT2D eigenvalue weighted by atomic mass is 32.2. The van der Waals surface area contributed by atoms with E-state index in [1.165, 1.54) is 0 Å². The topological polar surface area (TPSA) is 49.7 Å². The fraction of sp³-hybridized carbons (Fsp3) is 0.192. The molecule has 3 aromatic rings. The van der Waals surface area contributed by atoms with E-state index in [0.717, 1.165) is 22.4 Å². The molecule has 156 valence electrons. The lowest BCUT2D eigenvalue weighted by Crippen LogP contribution is -2.40. The third kappa shape index (κ3) is 2.92. The van der Waals surface area contributed by atoms with Crippen LogP contribution >= 0.6 is 0 Å². The average Bonchev–Trinajstić information content (AvgIpc) is 3.34. The number of sulfonamides is 1. The lowest BCUT2D eigenvalue weighted by atomic mass is 9.68. The molecule has 0 bridgehead atoms. The predicted molar refractivity (Wildman–Crippen MR) is 124 cm³/mol. The third-order valence-corrected chi connectivity index (χ3v) is 8.39. The van der Waals surface area contributed by atoms with Gasteiger partial charge in [-0.05, 0) is 36.2 Å². The second kappa shape index (κ2) is 7.29. The van der Waals surface area contributed by atoms with E-state index in [1.807, 2.05) is 79.9 Å². The zero-order chi connectivity index (χ0) is 21.6. The number of hydrogen-bond acceptors (Lipinski definition) is 3. The molecule has 3 aromatic carbocycles. The monoisotopic (exact) mass is 428 g/mol. The summed E-state index contributed by atoms with van der Waals surface area (Å²) in [6.45, 7) is 6.38. The van der Waals surface area contributed by atoms with Crippen molar-refractivity contribution in [3.05, 3.63) is 108 Å². The van der Waals surface area contributed by atoms with Crippen molar-refractivity contribution in [1.82, 2.24) is 4.31 Å². The van der Waals surface area contributed by atoms with Gasteiger partial charge >= 0.3 is 0 Å². The molecule has 5 heteroatoms. The highest BCUT2D eigenvalue weighted by Crippen LogP contribution is 2.57. The van der Waals surface area contributed by atoms with Gasteiger partial charge in [0.1, 0.15) is 0 Å². The lowest BCUT2D eigenvalue weighted by Gasteiger charge is -2.36. The molecule has 0 unspecified atom stereocenters. The van der Waals surface area contributed by atoms with Crippen LogP contribution in [0, 0.1) is 12.8 Å². The van der Waals surface area contributed by atoms with Gasteiger partial charge in [-0.2, -0.15) is 4.31 Å². The van der Waals surface area contributed by atoms with Gasteiger partial charge in [0.05, 0.1) is 22.0 Å². The largest absolute Gasteiger partial charge is 0.260 e. The zero-order valence-corrected chi connectivity index (χ0v) is 18.2. The summed E-state index contributed by atoms with van der Waals surface area (Å²) in [4.78, 5) is 5.02. The predicted octanol–water partition coefficient (Wildman–Crippen LogP) is 5.20. The number of rotatable bonds is 4. The molecule has 1 fully saturated rings. The number of benzene rings is 3. The summed E-state index contributed by atoms with van der Waals surface area (Å²) in [5.41, 5.74) is 3.32. The Morgan fingerprint density at radius 1 is 1.00 bits per heavy atom. The van der Waals surface area contributed by atoms with E-state index in [-0.39, 0.29) is 5.92 Å². The fourth-order valence-electron chi connectivity index (χ4n) is 5.03. The Morgan fingerprint density at radius 3 is 2.39 bits per heavy atom. The molecule has 0 saturated carbocycles. The first-order valence-electron chi connectivity index (χ1n) is 10.4. The first-order chi connectivity index (χ1) is 15.0. The van der Waals surface area contributed by atoms with Crippen molar-refractivity contribution >= 4 is 21.9 Å². The van der Waals surface area contributed by atoms with Crippen molar-refractivity contribution < 1.29 is 8.42 Å². The van der Waals surface area contributed by atoms with Gasteiger partial charge in [0.25, 0.3) is 0 Å². The first-order valence-corrected chi connectivity index (χ1v) is 11.8. The Hall–Kier alpha value is -3.02. The smallest absolute Gasteiger partial charge is 0.243 e. The highest BCUT2D eigenvalue weighted by molar-refractivity contribution is 7.89. The first kappa shape index (κ1) is 19.9. The van der Waals surface area contributed by atoms with E-state index in [0.29, 0.717) is 11.4 Å². The quantitative estimate of drug-likeness (QED) is 0.537. The van der Waals surface area contributed by atoms with E-state index < -0.39 is 21.5 Å². The van der Waals surface area contributed by atoms with Crippen molar-refractivity contribution in [2.45, 2.75) is 23.3 Å². The van der Waals surface area contributed by atoms with Crippen molar-refractivity contribution in [1.29, 1.82) is 0 Å². The summed E-state index contributed by atoms with van der Waals surface area (Å²) in [6.07, 6.45) is 3.83. The SMILES string of the molecule is C=C[C@H]1CN(S(=O)(=O)c2ccc(C)cc2)[C@H](c2ccccc2)[C@]12C=Nc1ccccc12. The van der Waals surface area contributed by atoms with Crippen molar-refractivity contribution in [2.75, 3.05) is 6.54 Å². The molecule has 0 aromatic heterocycles. The van der Waals surface area contributed by atoms with Crippen LogP contribution in [0.4, 0.5) is 5.69 Å². The lowest BCUT2D eigenvalue weighted by molar-refractivity contribution is 0.357. The van der Waals surface area contributed by atoms with Crippen LogP contribution < -0.4 is 0 Å². The molecule has 5 rings (SSSR count). The number of aliphatic imine (C=N–C) groups is 1. The molecule has 2 heterocycles. The van der Waals surface area contributed by atoms with Gasteiger partial charge in [0, 0.05) is 18.7 Å². The summed E-state index contributed by atoms with van der Waals surface area (Å²) in [7, 11) is -3.74. The van der Waals surface area contributed by atoms with Crippen molar-refractivity contribution in [3.8, 4) is 0 Å². The van der Waals surface area contributed by atoms with Gasteiger partial charge in [-0.25, -0.2) is 8.42 Å². The van der Waals surface area contributed by atoms with Gasteiger partial charge in [0.2, 0.25) is 10.0 Å². The summed E-state index contributed by atoms with van der Waals surface area (Å²) in [5.74, 6) is -0.106. The summed E-state index contributed by atoms with van der Waals surface area (Å²) >= 11 is 0. The Balaban J connectivity index is 1.75. The highest BCUT2D eigenvalue weighted by Gasteiger charge is 2.59. The maximum absolute atomic E-state index is 13.9. The molecule has 0 amide bonds. The maximum Gasteiger partial charge on any atom is 0.243 e. The molecule has 31 heavy (non-hydrogen) atoms. The van der Waals surface area contributed by atoms with E-state index in [1.54, 1.807) is 16.4 Å². The van der Waals surface area contributed by atoms with Gasteiger partial charge in [-0.3, -0.25) is 4.99 Å². The summed E-state index contributed by atoms with van der Waals surface area (Å²) in [5, 5.41) is 0. The molecule has 3 atom stereocenters. The Morgan fingerprint density at radius 2 is 1.68 bits per heavy atom. The van der Waals surface area contributed by atoms with Crippen LogP contribution in [0.15, 0.2) is 101 Å². The van der Waals surface area contributed by atoms with Gasteiger partial charge in [0.15, 0.2) is 0 Å². The second-order valence-corrected chi connectivity index (χ2v) is 10.1. The molecule has 0 aliphatic carbocycles. The summed E-state index contributed by atoms with van der Waals surface area (Å²) < 4.78 is 29.4. The summed E-state index contributed by atoms with van der Waals surface area (Å²) in [6, 6.07) is 24.5. The zero-order valence-electron chi connectivity index (χ0n) is 17.3. The molecule has 2 aliphatic rings. The van der Waals surface area contributed by atoms with Crippen LogP contribution in [0.2, 0.25) is 0 Å². The minimum absolute atomic E-state index is 0.106. The standard InChI is InChI=1S/C26H24N2O2S/c1-3-21-17-28(31(29,30)22-15-13-19(2)14-16-22)25(20-9-5-4-6-10-20)26(21)18-27-24-12-8-7-11-23(24)26/h3-16,18,21,25H,1,17H2,2H3/t21-,25+,26+/m0/s1. The van der Waals surface area contributed by atoms with Crippen LogP contribution in [0.3, 0.4) is 0 Å². The van der Waals surface area contributed by atoms with Crippen LogP contribution in [-0.2, 0) is 15.4 Å². The third-order valence-electron chi connectivity index (χ3n) is 6.55. The maximum atomic E-state index is 13.9. The average molecular weight is 429 g/mol. The Kier molecular flexibility index (Phi) is 4.68. The molecule has 2 aliphatic heterocycles. The molecular weight excluding hydrogens is 404 g/mol. The van der Waals surface area contributed by atoms with Crippen molar-refractivity contribution in [2.24, 2.45) is 10.9 Å². The van der Waals surface area contributed by atoms with E-state index >= 15 is 0 Å². The molecular formula is C26H24N2O2S. The number of para-hydroxylation sites is 1. The van der Waals surface area contributed by atoms with Crippen molar-refractivity contribution in [3.63, 3.8) is 0 Å². The van der Waals surface area contributed by atoms with Crippen LogP contribution in [0.5, 0.6) is 0 Å². The molecule has 1 saturated heterocycles. The van der Waals surface area contributed by atoms with Crippen LogP contribution in [0.1, 0.15) is 22.7 Å². The van der Waals surface area contributed by atoms with E-state index in [4.69, 9.17) is 4.99 Å². The minimum Gasteiger partial charge on any atom is -0.260 e. The normalized spacial score (nSPS) is 25.1. The number of aryl methyl sites for hydroxylation is 1. The minimum atomic E-state index is -3.74. The second-order valence-electron chi connectivity index (χ2n) is 8.25. The molecule has 0 N–H and O–H groups in total. The number of nitrogens with zero attached hydrogens (tertiary/aromatic N) is 2. The number of fused-ring (bicyclic) bond motifs is 2. The van der Waals surface area contributed by atoms with Crippen LogP contribution in [-0.4, -0.2) is 25.5 Å². The van der Waals surface area contributed by atoms with Gasteiger partial charge < -0.3 is 0 Å². The van der Waals surface area contributed by atoms with Crippen LogP contribution in [0.25, 0.3) is 0 Å². The Bertz CT molecular complexity index is 1270. The molecule has 4 nitrogen and oxygen atoms in total. The van der Waals surface area contributed by atoms with Gasteiger partial charge in [-0.1, -0.05) is 72.3 Å². The molecule has 0 radical (unpaired) electrons. The van der Waals surface area contributed by atoms with E-state index in [9.17, 15) is 8.42 Å². The number of hydrogen-bond donors (Lipinski definition) is 0.